The van der Waals surface area contributed by atoms with Gasteiger partial charge in [-0.05, 0) is 20.8 Å². The number of carbonyl (C=O) groups excluding carboxylic acids is 1. The summed E-state index contributed by atoms with van der Waals surface area (Å²) >= 11 is 11.8. The minimum absolute atomic E-state index is 0.0329. The lowest BCUT2D eigenvalue weighted by molar-refractivity contribution is -0.595. The summed E-state index contributed by atoms with van der Waals surface area (Å²) in [7, 11) is 0. The van der Waals surface area contributed by atoms with Gasteiger partial charge in [-0.2, -0.15) is 4.99 Å². The highest BCUT2D eigenvalue weighted by atomic mass is 79.9. The highest BCUT2D eigenvalue weighted by molar-refractivity contribution is 9.18. The Labute approximate surface area is 159 Å². The van der Waals surface area contributed by atoms with Crippen molar-refractivity contribution < 1.29 is 13.5 Å². The lowest BCUT2D eigenvalue weighted by atomic mass is 10.2. The molecule has 3 rings (SSSR count). The highest BCUT2D eigenvalue weighted by Gasteiger charge is 2.47. The first-order valence-corrected chi connectivity index (χ1v) is 9.77. The molecule has 0 aromatic carbocycles. The maximum absolute atomic E-state index is 12.4. The fourth-order valence-corrected chi connectivity index (χ4v) is 4.52. The molecule has 0 radical (unpaired) electrons. The van der Waals surface area contributed by atoms with Crippen molar-refractivity contribution in [2.24, 2.45) is 9.98 Å². The van der Waals surface area contributed by atoms with Gasteiger partial charge in [0.2, 0.25) is 5.70 Å². The second-order valence-corrected chi connectivity index (χ2v) is 9.20. The van der Waals surface area contributed by atoms with Gasteiger partial charge in [0.05, 0.1) is 17.7 Å². The Morgan fingerprint density at radius 2 is 2.29 bits per heavy atom. The minimum Gasteiger partial charge on any atom is -0.444 e. The number of halogens is 2. The van der Waals surface area contributed by atoms with Crippen molar-refractivity contribution in [3.05, 3.63) is 23.8 Å². The lowest BCUT2D eigenvalue weighted by Gasteiger charge is -2.33. The molecule has 2 unspecified atom stereocenters. The molecular formula is C15H19BrClN4O2S+. The minimum atomic E-state index is -0.503. The molecule has 3 heterocycles. The Balaban J connectivity index is 1.81. The number of hydrogen-bond acceptors (Lipinski definition) is 5. The molecule has 1 saturated heterocycles. The van der Waals surface area contributed by atoms with Crippen LogP contribution >= 0.6 is 39.5 Å². The number of rotatable bonds is 1. The third-order valence-electron chi connectivity index (χ3n) is 3.67. The van der Waals surface area contributed by atoms with E-state index in [-0.39, 0.29) is 15.3 Å². The van der Waals surface area contributed by atoms with E-state index in [4.69, 9.17) is 16.5 Å². The van der Waals surface area contributed by atoms with Gasteiger partial charge < -0.3 is 9.64 Å². The summed E-state index contributed by atoms with van der Waals surface area (Å²) in [5.74, 6) is 0.823. The van der Waals surface area contributed by atoms with Crippen LogP contribution in [-0.4, -0.2) is 55.6 Å². The molecule has 24 heavy (non-hydrogen) atoms. The molecule has 0 N–H and O–H groups in total. The number of aliphatic imine (C=N–C) groups is 2. The van der Waals surface area contributed by atoms with Gasteiger partial charge in [-0.15, -0.1) is 15.8 Å². The van der Waals surface area contributed by atoms with Gasteiger partial charge in [0.1, 0.15) is 17.5 Å². The van der Waals surface area contributed by atoms with Crippen LogP contribution in [0.5, 0.6) is 0 Å². The predicted octanol–water partition coefficient (Wildman–Crippen LogP) is 3.84. The van der Waals surface area contributed by atoms with Gasteiger partial charge in [-0.1, -0.05) is 0 Å². The topological polar surface area (TPSA) is 54.3 Å². The highest BCUT2D eigenvalue weighted by Crippen LogP contribution is 2.41. The van der Waals surface area contributed by atoms with Crippen LogP contribution in [0.15, 0.2) is 33.8 Å². The zero-order chi connectivity index (χ0) is 17.5. The van der Waals surface area contributed by atoms with Gasteiger partial charge in [-0.25, -0.2) is 4.79 Å². The van der Waals surface area contributed by atoms with Crippen molar-refractivity contribution in [3.8, 4) is 0 Å². The zero-order valence-electron chi connectivity index (χ0n) is 13.7. The molecule has 0 aromatic rings. The van der Waals surface area contributed by atoms with Gasteiger partial charge in [0.25, 0.3) is 4.74 Å². The number of thioether (sulfide) groups is 1. The molecule has 0 spiro atoms. The number of amides is 1. The molecular weight excluding hydrogens is 416 g/mol. The van der Waals surface area contributed by atoms with Crippen molar-refractivity contribution in [2.45, 2.75) is 31.6 Å². The van der Waals surface area contributed by atoms with Crippen LogP contribution in [0.3, 0.4) is 0 Å². The molecule has 9 heteroatoms. The smallest absolute Gasteiger partial charge is 0.410 e. The Morgan fingerprint density at radius 3 is 3.00 bits per heavy atom. The number of ether oxygens (including phenoxy) is 1. The average Bonchev–Trinajstić information content (AvgIpc) is 2.78. The van der Waals surface area contributed by atoms with Crippen molar-refractivity contribution in [1.82, 2.24) is 4.90 Å². The summed E-state index contributed by atoms with van der Waals surface area (Å²) < 4.78 is 6.05. The number of allylic oxidation sites excluding steroid dienone is 1. The summed E-state index contributed by atoms with van der Waals surface area (Å²) in [5.41, 5.74) is 1.16. The van der Waals surface area contributed by atoms with Crippen LogP contribution in [0.1, 0.15) is 20.8 Å². The number of hydrogen-bond donors (Lipinski definition) is 0. The van der Waals surface area contributed by atoms with Crippen LogP contribution in [0, 0.1) is 0 Å². The van der Waals surface area contributed by atoms with E-state index in [9.17, 15) is 4.79 Å². The van der Waals surface area contributed by atoms with Crippen molar-refractivity contribution >= 4 is 56.5 Å². The second-order valence-electron chi connectivity index (χ2n) is 6.65. The maximum Gasteiger partial charge on any atom is 0.410 e. The number of amidine groups is 1. The molecule has 6 nitrogen and oxygen atoms in total. The Kier molecular flexibility index (Phi) is 4.85. The molecule has 1 amide bonds. The fraction of sp³-hybridized carbons (Fsp3) is 0.533. The Bertz CT molecular complexity index is 685. The van der Waals surface area contributed by atoms with E-state index in [2.05, 4.69) is 25.9 Å². The van der Waals surface area contributed by atoms with E-state index in [1.807, 2.05) is 20.8 Å². The van der Waals surface area contributed by atoms with Crippen LogP contribution in [0.2, 0.25) is 0 Å². The number of fused-ring (bicyclic) bond motifs is 1. The third-order valence-corrected chi connectivity index (χ3v) is 6.26. The zero-order valence-corrected chi connectivity index (χ0v) is 16.9. The largest absolute Gasteiger partial charge is 0.444 e. The SMILES string of the molecule is CC(C)(C)OC(=O)N1CCSC(C2=C3C=NC=C[N+]3(Cl)C(Br)=N2)C1. The number of carbonyl (C=O) groups is 1. The first-order valence-electron chi connectivity index (χ1n) is 7.59. The van der Waals surface area contributed by atoms with Crippen LogP contribution in [0.4, 0.5) is 4.79 Å². The second kappa shape index (κ2) is 6.48. The van der Waals surface area contributed by atoms with Gasteiger partial charge in [-0.3, -0.25) is 4.99 Å². The van der Waals surface area contributed by atoms with Gasteiger partial charge >= 0.3 is 6.09 Å². The number of nitrogens with zero attached hydrogens (tertiary/aromatic N) is 4. The quantitative estimate of drug-likeness (QED) is 0.465. The fourth-order valence-electron chi connectivity index (χ4n) is 2.58. The average molecular weight is 435 g/mol. The van der Waals surface area contributed by atoms with E-state index in [0.717, 1.165) is 17.1 Å². The van der Waals surface area contributed by atoms with Gasteiger partial charge in [0, 0.05) is 34.8 Å². The molecule has 2 atom stereocenters. The van der Waals surface area contributed by atoms with Crippen LogP contribution in [0.25, 0.3) is 0 Å². The van der Waals surface area contributed by atoms with Gasteiger partial charge in [0.15, 0.2) is 11.8 Å². The van der Waals surface area contributed by atoms with E-state index in [1.165, 1.54) is 0 Å². The van der Waals surface area contributed by atoms with E-state index >= 15 is 0 Å². The molecule has 0 aliphatic carbocycles. The molecule has 0 aromatic heterocycles. The van der Waals surface area contributed by atoms with Crippen LogP contribution < -0.4 is 0 Å². The molecule has 130 valence electrons. The summed E-state index contributed by atoms with van der Waals surface area (Å²) in [4.78, 5) is 22.9. The normalized spacial score (nSPS) is 29.6. The lowest BCUT2D eigenvalue weighted by Crippen LogP contribution is -2.45. The van der Waals surface area contributed by atoms with E-state index < -0.39 is 5.60 Å². The Morgan fingerprint density at radius 1 is 1.54 bits per heavy atom. The first-order chi connectivity index (χ1) is 11.2. The summed E-state index contributed by atoms with van der Waals surface area (Å²) in [6, 6.07) is 0. The predicted molar refractivity (Wildman–Crippen MR) is 101 cm³/mol. The summed E-state index contributed by atoms with van der Waals surface area (Å²) in [6.07, 6.45) is 4.85. The molecule has 1 fully saturated rings. The molecule has 3 aliphatic rings. The maximum atomic E-state index is 12.4. The van der Waals surface area contributed by atoms with Crippen molar-refractivity contribution in [3.63, 3.8) is 0 Å². The monoisotopic (exact) mass is 433 g/mol. The third kappa shape index (κ3) is 3.42. The standard InChI is InChI=1S/C15H19BrClN4O2S/c1-15(2,3)23-14(22)20-5-7-24-11(9-20)12-10-8-18-4-6-21(10,17)13(16)19-12/h4,6,8,11H,5,7,9H2,1-3H3/q+1. The van der Waals surface area contributed by atoms with Crippen molar-refractivity contribution in [1.29, 1.82) is 0 Å². The molecule has 0 saturated carbocycles. The van der Waals surface area contributed by atoms with Crippen molar-refractivity contribution in [2.75, 3.05) is 18.8 Å². The summed E-state index contributed by atoms with van der Waals surface area (Å²) in [5, 5.41) is 0.0329. The van der Waals surface area contributed by atoms with E-state index in [1.54, 1.807) is 35.3 Å². The number of quaternary nitrogens is 1. The van der Waals surface area contributed by atoms with E-state index in [0.29, 0.717) is 17.8 Å². The summed E-state index contributed by atoms with van der Waals surface area (Å²) in [6.45, 7) is 6.81. The van der Waals surface area contributed by atoms with Crippen LogP contribution in [-0.2, 0) is 4.74 Å². The molecule has 0 bridgehead atoms. The Hall–Kier alpha value is -0.830. The first kappa shape index (κ1) is 18.0. The molecule has 3 aliphatic heterocycles.